The van der Waals surface area contributed by atoms with Gasteiger partial charge in [-0.1, -0.05) is 0 Å². The van der Waals surface area contributed by atoms with Gasteiger partial charge in [0.25, 0.3) is 5.91 Å². The van der Waals surface area contributed by atoms with Gasteiger partial charge in [-0.15, -0.1) is 11.3 Å². The van der Waals surface area contributed by atoms with Crippen LogP contribution in [0.5, 0.6) is 0 Å². The topological polar surface area (TPSA) is 46.4 Å². The number of thiophene rings is 1. The van der Waals surface area contributed by atoms with E-state index in [0.717, 1.165) is 24.1 Å². The summed E-state index contributed by atoms with van der Waals surface area (Å²) in [7, 11) is 1.94. The second-order valence-electron chi connectivity index (χ2n) is 5.00. The molecule has 20 heavy (non-hydrogen) atoms. The van der Waals surface area contributed by atoms with Gasteiger partial charge in [-0.05, 0) is 43.4 Å². The van der Waals surface area contributed by atoms with E-state index in [9.17, 15) is 4.79 Å². The molecule has 0 aliphatic heterocycles. The normalized spacial score (nSPS) is 14.4. The molecule has 0 atom stereocenters. The van der Waals surface area contributed by atoms with Crippen molar-refractivity contribution in [3.8, 4) is 0 Å². The van der Waals surface area contributed by atoms with Gasteiger partial charge in [0.05, 0.1) is 17.5 Å². The van der Waals surface area contributed by atoms with E-state index < -0.39 is 0 Å². The molecule has 1 aliphatic rings. The van der Waals surface area contributed by atoms with E-state index in [1.54, 1.807) is 17.6 Å². The molecule has 0 fully saturated rings. The van der Waals surface area contributed by atoms with Gasteiger partial charge in [0.15, 0.2) is 0 Å². The Hall–Kier alpha value is -1.88. The van der Waals surface area contributed by atoms with E-state index in [2.05, 4.69) is 10.5 Å². The molecule has 5 heteroatoms. The first-order valence-electron chi connectivity index (χ1n) is 6.79. The molecule has 2 aromatic heterocycles. The van der Waals surface area contributed by atoms with Crippen molar-refractivity contribution in [2.75, 3.05) is 0 Å². The Labute approximate surface area is 122 Å². The summed E-state index contributed by atoms with van der Waals surface area (Å²) in [5.74, 6) is -0.102. The van der Waals surface area contributed by atoms with E-state index in [-0.39, 0.29) is 5.91 Å². The number of rotatable bonds is 3. The zero-order valence-corrected chi connectivity index (χ0v) is 12.2. The highest BCUT2D eigenvalue weighted by molar-refractivity contribution is 7.10. The van der Waals surface area contributed by atoms with Gasteiger partial charge in [0.2, 0.25) is 0 Å². The average molecular weight is 287 g/mol. The number of nitrogens with one attached hydrogen (secondary N) is 1. The molecule has 0 spiro atoms. The Morgan fingerprint density at radius 3 is 3.10 bits per heavy atom. The maximum atomic E-state index is 12.2. The van der Waals surface area contributed by atoms with Crippen molar-refractivity contribution in [2.45, 2.75) is 25.7 Å². The number of hydrazone groups is 1. The second-order valence-corrected chi connectivity index (χ2v) is 5.97. The number of hydrogen-bond acceptors (Lipinski definition) is 3. The molecule has 104 valence electrons. The minimum Gasteiger partial charge on any atom is -0.350 e. The molecule has 0 aromatic carbocycles. The minimum atomic E-state index is -0.102. The van der Waals surface area contributed by atoms with Crippen molar-refractivity contribution in [3.05, 3.63) is 45.4 Å². The third-order valence-corrected chi connectivity index (χ3v) is 4.74. The van der Waals surface area contributed by atoms with E-state index in [1.165, 1.54) is 23.3 Å². The summed E-state index contributed by atoms with van der Waals surface area (Å²) >= 11 is 1.70. The van der Waals surface area contributed by atoms with E-state index >= 15 is 0 Å². The predicted molar refractivity (Wildman–Crippen MR) is 81.4 cm³/mol. The first kappa shape index (κ1) is 13.1. The molecule has 0 unspecified atom stereocenters. The quantitative estimate of drug-likeness (QED) is 0.685. The summed E-state index contributed by atoms with van der Waals surface area (Å²) in [6, 6.07) is 3.89. The summed E-state index contributed by atoms with van der Waals surface area (Å²) in [4.78, 5) is 13.5. The largest absolute Gasteiger partial charge is 0.350 e. The van der Waals surface area contributed by atoms with Gasteiger partial charge in [0.1, 0.15) is 0 Å². The molecule has 4 nitrogen and oxygen atoms in total. The summed E-state index contributed by atoms with van der Waals surface area (Å²) < 4.78 is 1.95. The van der Waals surface area contributed by atoms with Crippen LogP contribution < -0.4 is 5.43 Å². The lowest BCUT2D eigenvalue weighted by Crippen LogP contribution is -2.19. The number of nitrogens with zero attached hydrogens (tertiary/aromatic N) is 2. The number of aromatic nitrogens is 1. The number of carbonyl (C=O) groups excluding carboxylic acids is 1. The number of hydrogen-bond donors (Lipinski definition) is 1. The molecule has 3 rings (SSSR count). The van der Waals surface area contributed by atoms with Gasteiger partial charge in [-0.25, -0.2) is 5.43 Å². The maximum Gasteiger partial charge on any atom is 0.272 e. The Bertz CT molecular complexity index is 654. The predicted octanol–water partition coefficient (Wildman–Crippen LogP) is 2.73. The highest BCUT2D eigenvalue weighted by Crippen LogP contribution is 2.30. The van der Waals surface area contributed by atoms with E-state index in [4.69, 9.17) is 0 Å². The number of carbonyl (C=O) groups is 1. The first-order valence-corrected chi connectivity index (χ1v) is 7.67. The monoisotopic (exact) mass is 287 g/mol. The number of amides is 1. The van der Waals surface area contributed by atoms with Gasteiger partial charge < -0.3 is 4.57 Å². The van der Waals surface area contributed by atoms with Crippen LogP contribution in [0.15, 0.2) is 28.8 Å². The summed E-state index contributed by atoms with van der Waals surface area (Å²) in [6.45, 7) is 0. The van der Waals surface area contributed by atoms with Crippen molar-refractivity contribution in [2.24, 2.45) is 12.1 Å². The van der Waals surface area contributed by atoms with Gasteiger partial charge in [-0.2, -0.15) is 5.10 Å². The van der Waals surface area contributed by atoms with Crippen molar-refractivity contribution in [1.29, 1.82) is 0 Å². The molecule has 0 saturated carbocycles. The van der Waals surface area contributed by atoms with Crippen LogP contribution in [0, 0.1) is 0 Å². The third-order valence-electron chi connectivity index (χ3n) is 3.65. The molecule has 0 bridgehead atoms. The van der Waals surface area contributed by atoms with Crippen LogP contribution in [0.4, 0.5) is 0 Å². The molecule has 1 N–H and O–H groups in total. The summed E-state index contributed by atoms with van der Waals surface area (Å²) in [5.41, 5.74) is 5.61. The number of fused-ring (bicyclic) bond motifs is 1. The first-order chi connectivity index (χ1) is 9.75. The van der Waals surface area contributed by atoms with Gasteiger partial charge >= 0.3 is 0 Å². The fourth-order valence-corrected chi connectivity index (χ4v) is 3.64. The lowest BCUT2D eigenvalue weighted by atomic mass is 9.96. The Morgan fingerprint density at radius 2 is 2.30 bits per heavy atom. The Morgan fingerprint density at radius 1 is 1.45 bits per heavy atom. The van der Waals surface area contributed by atoms with Crippen LogP contribution in [0.3, 0.4) is 0 Å². The van der Waals surface area contributed by atoms with Gasteiger partial charge in [-0.3, -0.25) is 4.79 Å². The van der Waals surface area contributed by atoms with Crippen molar-refractivity contribution in [3.63, 3.8) is 0 Å². The lowest BCUT2D eigenvalue weighted by Gasteiger charge is -2.11. The van der Waals surface area contributed by atoms with E-state index in [1.807, 2.05) is 35.3 Å². The van der Waals surface area contributed by atoms with Crippen LogP contribution in [-0.4, -0.2) is 16.7 Å². The zero-order valence-electron chi connectivity index (χ0n) is 11.4. The lowest BCUT2D eigenvalue weighted by molar-refractivity contribution is 0.0954. The molecule has 1 amide bonds. The maximum absolute atomic E-state index is 12.2. The fraction of sp³-hybridized carbons (Fsp3) is 0.333. The summed E-state index contributed by atoms with van der Waals surface area (Å²) in [6.07, 6.45) is 8.15. The molecular formula is C15H17N3OS. The van der Waals surface area contributed by atoms with Crippen LogP contribution in [-0.2, 0) is 19.9 Å². The van der Waals surface area contributed by atoms with E-state index in [0.29, 0.717) is 0 Å². The van der Waals surface area contributed by atoms with Crippen LogP contribution in [0.1, 0.15) is 39.3 Å². The fourth-order valence-electron chi connectivity index (χ4n) is 2.51. The van der Waals surface area contributed by atoms with Crippen molar-refractivity contribution in [1.82, 2.24) is 9.99 Å². The van der Waals surface area contributed by atoms with Crippen molar-refractivity contribution >= 4 is 23.5 Å². The zero-order chi connectivity index (χ0) is 13.9. The molecular weight excluding hydrogens is 270 g/mol. The second kappa shape index (κ2) is 5.63. The molecule has 0 radical (unpaired) electrons. The van der Waals surface area contributed by atoms with Gasteiger partial charge in [0, 0.05) is 23.5 Å². The van der Waals surface area contributed by atoms with Crippen molar-refractivity contribution < 1.29 is 4.79 Å². The minimum absolute atomic E-state index is 0.102. The molecule has 0 saturated heterocycles. The summed E-state index contributed by atoms with van der Waals surface area (Å²) in [5, 5.41) is 6.00. The Kier molecular flexibility index (Phi) is 3.69. The third kappa shape index (κ3) is 2.54. The van der Waals surface area contributed by atoms with Crippen LogP contribution in [0.2, 0.25) is 0 Å². The van der Waals surface area contributed by atoms with Crippen LogP contribution >= 0.6 is 11.3 Å². The smallest absolute Gasteiger partial charge is 0.272 e. The molecule has 2 aromatic rings. The SMILES string of the molecule is Cn1cccc1/C=N/NC(=O)c1csc2c1CCCC2. The number of aryl methyl sites for hydroxylation is 2. The highest BCUT2D eigenvalue weighted by Gasteiger charge is 2.19. The molecule has 2 heterocycles. The standard InChI is InChI=1S/C15H17N3OS/c1-18-8-4-5-11(18)9-16-17-15(19)13-10-20-14-7-3-2-6-12(13)14/h4-5,8-10H,2-3,6-7H2,1H3,(H,17,19)/b16-9+. The Balaban J connectivity index is 1.69. The average Bonchev–Trinajstić information content (AvgIpc) is 3.05. The highest BCUT2D eigenvalue weighted by atomic mass is 32.1. The van der Waals surface area contributed by atoms with Crippen LogP contribution in [0.25, 0.3) is 0 Å². The molecule has 1 aliphatic carbocycles.